The number of hydrogen-bond donors (Lipinski definition) is 1. The summed E-state index contributed by atoms with van der Waals surface area (Å²) < 4.78 is 8.55. The molecule has 0 saturated heterocycles. The summed E-state index contributed by atoms with van der Waals surface area (Å²) >= 11 is 0. The number of fused-ring (bicyclic) bond motifs is 1. The minimum atomic E-state index is -0.918. The van der Waals surface area contributed by atoms with Crippen molar-refractivity contribution >= 4 is 16.9 Å². The lowest BCUT2D eigenvalue weighted by molar-refractivity contribution is 0.0697. The number of rotatable bonds is 9. The summed E-state index contributed by atoms with van der Waals surface area (Å²) in [5, 5.41) is 10.4. The van der Waals surface area contributed by atoms with Gasteiger partial charge in [0.25, 0.3) is 0 Å². The fourth-order valence-electron chi connectivity index (χ4n) is 4.19. The second-order valence-electron chi connectivity index (χ2n) is 8.50. The van der Waals surface area contributed by atoms with Crippen molar-refractivity contribution in [3.05, 3.63) is 102 Å². The minimum Gasteiger partial charge on any atom is -0.489 e. The van der Waals surface area contributed by atoms with Crippen LogP contribution in [0.25, 0.3) is 22.0 Å². The third-order valence-electron chi connectivity index (χ3n) is 5.75. The van der Waals surface area contributed by atoms with Crippen LogP contribution >= 0.6 is 0 Å². The molecule has 0 aliphatic carbocycles. The van der Waals surface area contributed by atoms with Gasteiger partial charge in [0.15, 0.2) is 0 Å². The van der Waals surface area contributed by atoms with Crippen molar-refractivity contribution in [1.29, 1.82) is 0 Å². The summed E-state index contributed by atoms with van der Waals surface area (Å²) in [5.41, 5.74) is 6.95. The molecular formula is C29H29NO3. The van der Waals surface area contributed by atoms with E-state index in [0.717, 1.165) is 47.4 Å². The monoisotopic (exact) mass is 439 g/mol. The molecule has 0 bridgehead atoms. The Morgan fingerprint density at radius 3 is 2.52 bits per heavy atom. The number of carboxylic acids is 1. The Morgan fingerprint density at radius 2 is 1.82 bits per heavy atom. The van der Waals surface area contributed by atoms with Gasteiger partial charge in [-0.25, -0.2) is 4.79 Å². The number of nitrogens with zero attached hydrogens (tertiary/aromatic N) is 1. The van der Waals surface area contributed by atoms with Crippen molar-refractivity contribution in [3.63, 3.8) is 0 Å². The van der Waals surface area contributed by atoms with Gasteiger partial charge in [-0.3, -0.25) is 0 Å². The summed E-state index contributed by atoms with van der Waals surface area (Å²) in [7, 11) is 0. The number of carboxylic acid groups (broad SMARTS) is 1. The molecule has 4 rings (SSSR count). The Hall–Kier alpha value is -3.79. The lowest BCUT2D eigenvalue weighted by Gasteiger charge is -2.14. The van der Waals surface area contributed by atoms with Crippen molar-refractivity contribution in [2.75, 3.05) is 0 Å². The molecule has 33 heavy (non-hydrogen) atoms. The van der Waals surface area contributed by atoms with Crippen LogP contribution in [-0.2, 0) is 19.6 Å². The first kappa shape index (κ1) is 22.4. The molecule has 4 nitrogen and oxygen atoms in total. The maximum absolute atomic E-state index is 11.1. The third kappa shape index (κ3) is 5.01. The highest BCUT2D eigenvalue weighted by molar-refractivity contribution is 5.88. The standard InChI is InChI=1S/C29H29NO3/c1-4-6-26-25-15-16-30(18-20(2)3)27(25)13-14-28(26)33-19-21-7-5-8-24(17-21)22-9-11-23(12-10-22)29(31)32/h5,7-17H,2,4,6,18-19H2,1,3H3,(H,31,32). The molecule has 0 aliphatic rings. The number of benzene rings is 3. The van der Waals surface area contributed by atoms with Crippen LogP contribution in [0.5, 0.6) is 5.75 Å². The summed E-state index contributed by atoms with van der Waals surface area (Å²) in [6, 6.07) is 21.5. The van der Waals surface area contributed by atoms with Gasteiger partial charge in [0, 0.05) is 29.2 Å². The van der Waals surface area contributed by atoms with Crippen molar-refractivity contribution in [3.8, 4) is 16.9 Å². The zero-order chi connectivity index (χ0) is 23.4. The van der Waals surface area contributed by atoms with Gasteiger partial charge in [0.2, 0.25) is 0 Å². The maximum atomic E-state index is 11.1. The van der Waals surface area contributed by atoms with Gasteiger partial charge in [-0.05, 0) is 66.4 Å². The minimum absolute atomic E-state index is 0.286. The summed E-state index contributed by atoms with van der Waals surface area (Å²) in [6.07, 6.45) is 4.13. The van der Waals surface area contributed by atoms with Crippen LogP contribution < -0.4 is 4.74 Å². The molecule has 1 aromatic heterocycles. The molecule has 168 valence electrons. The van der Waals surface area contributed by atoms with E-state index in [-0.39, 0.29) is 5.56 Å². The van der Waals surface area contributed by atoms with Crippen molar-refractivity contribution in [2.24, 2.45) is 0 Å². The first-order valence-corrected chi connectivity index (χ1v) is 11.3. The largest absolute Gasteiger partial charge is 0.489 e. The van der Waals surface area contributed by atoms with Crippen molar-refractivity contribution in [2.45, 2.75) is 39.8 Å². The molecule has 0 unspecified atom stereocenters. The number of aryl methyl sites for hydroxylation is 1. The molecule has 1 heterocycles. The van der Waals surface area contributed by atoms with Gasteiger partial charge in [-0.1, -0.05) is 55.8 Å². The first-order valence-electron chi connectivity index (χ1n) is 11.3. The Kier molecular flexibility index (Phi) is 6.64. The average molecular weight is 440 g/mol. The predicted molar refractivity (Wildman–Crippen MR) is 134 cm³/mol. The normalized spacial score (nSPS) is 11.0. The quantitative estimate of drug-likeness (QED) is 0.283. The van der Waals surface area contributed by atoms with Gasteiger partial charge in [-0.2, -0.15) is 0 Å². The van der Waals surface area contributed by atoms with Crippen LogP contribution in [0.4, 0.5) is 0 Å². The molecule has 4 heteroatoms. The summed E-state index contributed by atoms with van der Waals surface area (Å²) in [6.45, 7) is 9.56. The molecule has 1 N–H and O–H groups in total. The number of carbonyl (C=O) groups is 1. The van der Waals surface area contributed by atoms with Gasteiger partial charge in [0.1, 0.15) is 12.4 Å². The molecule has 4 aromatic rings. The van der Waals surface area contributed by atoms with E-state index in [2.05, 4.69) is 54.6 Å². The Bertz CT molecular complexity index is 1300. The van der Waals surface area contributed by atoms with Gasteiger partial charge < -0.3 is 14.4 Å². The van der Waals surface area contributed by atoms with Crippen LogP contribution in [-0.4, -0.2) is 15.6 Å². The van der Waals surface area contributed by atoms with Crippen LogP contribution in [0, 0.1) is 0 Å². The van der Waals surface area contributed by atoms with E-state index in [0.29, 0.717) is 6.61 Å². The molecule has 0 aliphatic heterocycles. The fourth-order valence-corrected chi connectivity index (χ4v) is 4.19. The van der Waals surface area contributed by atoms with Gasteiger partial charge >= 0.3 is 5.97 Å². The molecule has 3 aromatic carbocycles. The fraction of sp³-hybridized carbons (Fsp3) is 0.207. The van der Waals surface area contributed by atoms with Crippen molar-refractivity contribution in [1.82, 2.24) is 4.57 Å². The van der Waals surface area contributed by atoms with Crippen LogP contribution in [0.15, 0.2) is 85.1 Å². The Labute approximate surface area is 194 Å². The molecular weight excluding hydrogens is 410 g/mol. The van der Waals surface area contributed by atoms with E-state index in [1.54, 1.807) is 12.1 Å². The van der Waals surface area contributed by atoms with Gasteiger partial charge in [0.05, 0.1) is 5.56 Å². The van der Waals surface area contributed by atoms with Crippen molar-refractivity contribution < 1.29 is 14.6 Å². The number of ether oxygens (including phenoxy) is 1. The Morgan fingerprint density at radius 1 is 1.03 bits per heavy atom. The van der Waals surface area contributed by atoms with E-state index in [1.165, 1.54) is 16.5 Å². The van der Waals surface area contributed by atoms with E-state index >= 15 is 0 Å². The topological polar surface area (TPSA) is 51.5 Å². The third-order valence-corrected chi connectivity index (χ3v) is 5.75. The molecule has 0 atom stereocenters. The Balaban J connectivity index is 1.57. The summed E-state index contributed by atoms with van der Waals surface area (Å²) in [5.74, 6) is 0.00663. The first-order chi connectivity index (χ1) is 16.0. The van der Waals surface area contributed by atoms with E-state index in [9.17, 15) is 4.79 Å². The summed E-state index contributed by atoms with van der Waals surface area (Å²) in [4.78, 5) is 11.1. The van der Waals surface area contributed by atoms with E-state index < -0.39 is 5.97 Å². The highest BCUT2D eigenvalue weighted by Crippen LogP contribution is 2.31. The number of hydrogen-bond acceptors (Lipinski definition) is 2. The number of aromatic nitrogens is 1. The van der Waals surface area contributed by atoms with Crippen LogP contribution in [0.3, 0.4) is 0 Å². The molecule has 0 spiro atoms. The highest BCUT2D eigenvalue weighted by Gasteiger charge is 2.12. The number of allylic oxidation sites excluding steroid dienone is 1. The average Bonchev–Trinajstić information content (AvgIpc) is 3.21. The zero-order valence-electron chi connectivity index (χ0n) is 19.2. The zero-order valence-corrected chi connectivity index (χ0v) is 19.2. The molecule has 0 radical (unpaired) electrons. The lowest BCUT2D eigenvalue weighted by Crippen LogP contribution is -2.01. The smallest absolute Gasteiger partial charge is 0.335 e. The van der Waals surface area contributed by atoms with E-state index in [1.807, 2.05) is 31.2 Å². The predicted octanol–water partition coefficient (Wildman–Crippen LogP) is 7.11. The second-order valence-corrected chi connectivity index (χ2v) is 8.50. The number of aromatic carboxylic acids is 1. The van der Waals surface area contributed by atoms with Gasteiger partial charge in [-0.15, -0.1) is 0 Å². The lowest BCUT2D eigenvalue weighted by atomic mass is 10.0. The molecule has 0 saturated carbocycles. The molecule has 0 fully saturated rings. The second kappa shape index (κ2) is 9.78. The van der Waals surface area contributed by atoms with E-state index in [4.69, 9.17) is 9.84 Å². The SMILES string of the molecule is C=C(C)Cn1ccc2c(CCC)c(OCc3cccc(-c4ccc(C(=O)O)cc4)c3)ccc21. The molecule has 0 amide bonds. The maximum Gasteiger partial charge on any atom is 0.335 e. The van der Waals surface area contributed by atoms with Crippen LogP contribution in [0.1, 0.15) is 41.8 Å². The highest BCUT2D eigenvalue weighted by atomic mass is 16.5. The van der Waals surface area contributed by atoms with Crippen LogP contribution in [0.2, 0.25) is 0 Å².